The summed E-state index contributed by atoms with van der Waals surface area (Å²) in [6.07, 6.45) is 0. The highest BCUT2D eigenvalue weighted by molar-refractivity contribution is 7.18. The van der Waals surface area contributed by atoms with Crippen LogP contribution in [0.25, 0.3) is 0 Å². The molecule has 0 atom stereocenters. The highest BCUT2D eigenvalue weighted by Crippen LogP contribution is 2.33. The number of anilines is 1. The van der Waals surface area contributed by atoms with E-state index < -0.39 is 11.4 Å². The number of amides is 2. The van der Waals surface area contributed by atoms with Crippen molar-refractivity contribution in [2.75, 3.05) is 25.3 Å². The number of rotatable bonds is 7. The second-order valence-electron chi connectivity index (χ2n) is 8.50. The molecule has 0 bridgehead atoms. The average molecular weight is 461 g/mol. The molecule has 0 radical (unpaired) electrons. The van der Waals surface area contributed by atoms with E-state index in [-0.39, 0.29) is 25.2 Å². The number of aryl methyl sites for hydroxylation is 1. The second kappa shape index (κ2) is 9.60. The highest BCUT2D eigenvalue weighted by Gasteiger charge is 2.24. The van der Waals surface area contributed by atoms with E-state index in [9.17, 15) is 14.4 Å². The molecule has 0 spiro atoms. The minimum Gasteiger partial charge on any atom is -0.454 e. The van der Waals surface area contributed by atoms with Gasteiger partial charge < -0.3 is 24.4 Å². The molecular weight excluding hydrogens is 432 g/mol. The molecule has 8 nitrogen and oxygen atoms in total. The highest BCUT2D eigenvalue weighted by atomic mass is 32.1. The Balaban J connectivity index is 1.57. The Morgan fingerprint density at radius 1 is 1.16 bits per heavy atom. The van der Waals surface area contributed by atoms with E-state index in [0.29, 0.717) is 40.0 Å². The summed E-state index contributed by atoms with van der Waals surface area (Å²) < 4.78 is 16.0. The third-order valence-corrected chi connectivity index (χ3v) is 6.03. The predicted octanol–water partition coefficient (Wildman–Crippen LogP) is 3.98. The zero-order chi connectivity index (χ0) is 23.5. The fourth-order valence-corrected chi connectivity index (χ4v) is 3.93. The minimum atomic E-state index is -0.587. The van der Waals surface area contributed by atoms with Crippen molar-refractivity contribution >= 4 is 34.1 Å². The Morgan fingerprint density at radius 3 is 2.56 bits per heavy atom. The summed E-state index contributed by atoms with van der Waals surface area (Å²) in [6, 6.07) is 7.25. The lowest BCUT2D eigenvalue weighted by Crippen LogP contribution is -2.34. The van der Waals surface area contributed by atoms with Gasteiger partial charge in [-0.25, -0.2) is 4.79 Å². The third kappa shape index (κ3) is 5.59. The van der Waals surface area contributed by atoms with Gasteiger partial charge in [0.2, 0.25) is 12.7 Å². The van der Waals surface area contributed by atoms with Crippen LogP contribution in [-0.2, 0) is 20.9 Å². The summed E-state index contributed by atoms with van der Waals surface area (Å²) in [7, 11) is 0. The van der Waals surface area contributed by atoms with Gasteiger partial charge in [0.1, 0.15) is 4.88 Å². The molecule has 1 aliphatic heterocycles. The summed E-state index contributed by atoms with van der Waals surface area (Å²) >= 11 is 1.13. The Hall–Kier alpha value is -3.07. The molecule has 0 saturated heterocycles. The zero-order valence-electron chi connectivity index (χ0n) is 18.9. The van der Waals surface area contributed by atoms with Crippen LogP contribution in [0.2, 0.25) is 0 Å². The van der Waals surface area contributed by atoms with Crippen molar-refractivity contribution < 1.29 is 28.6 Å². The summed E-state index contributed by atoms with van der Waals surface area (Å²) in [4.78, 5) is 39.3. The Bertz CT molecular complexity index is 1020. The van der Waals surface area contributed by atoms with Crippen LogP contribution in [0, 0.1) is 12.3 Å². The first-order valence-electron chi connectivity index (χ1n) is 10.3. The van der Waals surface area contributed by atoms with Crippen LogP contribution in [0.15, 0.2) is 24.3 Å². The van der Waals surface area contributed by atoms with Crippen molar-refractivity contribution in [2.24, 2.45) is 5.41 Å². The van der Waals surface area contributed by atoms with E-state index in [2.05, 4.69) is 5.32 Å². The first-order valence-corrected chi connectivity index (χ1v) is 11.2. The number of fused-ring (bicyclic) bond motifs is 1. The fraction of sp³-hybridized carbons (Fsp3) is 0.435. The van der Waals surface area contributed by atoms with Gasteiger partial charge in [-0.1, -0.05) is 26.8 Å². The van der Waals surface area contributed by atoms with Crippen LogP contribution < -0.4 is 14.8 Å². The molecule has 172 valence electrons. The molecule has 1 aromatic heterocycles. The number of likely N-dealkylation sites (N-methyl/N-ethyl adjacent to an activating group) is 1. The molecule has 0 unspecified atom stereocenters. The first kappa shape index (κ1) is 23.6. The van der Waals surface area contributed by atoms with E-state index in [0.717, 1.165) is 16.9 Å². The Kier molecular flexibility index (Phi) is 7.08. The monoisotopic (exact) mass is 460 g/mol. The molecule has 1 aromatic carbocycles. The summed E-state index contributed by atoms with van der Waals surface area (Å²) in [5, 5.41) is 3.38. The number of thiophene rings is 1. The number of benzene rings is 1. The van der Waals surface area contributed by atoms with E-state index in [1.165, 1.54) is 0 Å². The lowest BCUT2D eigenvalue weighted by molar-refractivity contribution is -0.135. The van der Waals surface area contributed by atoms with Gasteiger partial charge in [0.05, 0.1) is 5.00 Å². The number of esters is 1. The largest absolute Gasteiger partial charge is 0.454 e. The Morgan fingerprint density at radius 2 is 1.88 bits per heavy atom. The minimum absolute atomic E-state index is 0.143. The molecule has 0 fully saturated rings. The maximum Gasteiger partial charge on any atom is 0.349 e. The van der Waals surface area contributed by atoms with Crippen molar-refractivity contribution in [1.82, 2.24) is 4.90 Å². The standard InChI is InChI=1S/C23H28N2O6S/c1-6-25(11-15-7-8-16-17(10-15)31-13-30-16)19(26)12-29-21(27)20-14(2)9-18(32-20)24-22(28)23(3,4)5/h7-10H,6,11-13H2,1-5H3,(H,24,28). The third-order valence-electron chi connectivity index (χ3n) is 4.89. The molecule has 1 N–H and O–H groups in total. The molecule has 2 heterocycles. The van der Waals surface area contributed by atoms with E-state index >= 15 is 0 Å². The van der Waals surface area contributed by atoms with Gasteiger partial charge >= 0.3 is 5.97 Å². The van der Waals surface area contributed by atoms with Crippen molar-refractivity contribution in [3.05, 3.63) is 40.3 Å². The summed E-state index contributed by atoms with van der Waals surface area (Å²) in [6.45, 7) is 9.72. The smallest absolute Gasteiger partial charge is 0.349 e. The van der Waals surface area contributed by atoms with Crippen molar-refractivity contribution in [1.29, 1.82) is 0 Å². The van der Waals surface area contributed by atoms with Gasteiger partial charge in [0.25, 0.3) is 5.91 Å². The van der Waals surface area contributed by atoms with Crippen molar-refractivity contribution in [3.8, 4) is 11.5 Å². The van der Waals surface area contributed by atoms with Crippen LogP contribution in [0.5, 0.6) is 11.5 Å². The molecule has 32 heavy (non-hydrogen) atoms. The number of carbonyl (C=O) groups is 3. The number of nitrogens with one attached hydrogen (secondary N) is 1. The zero-order valence-corrected chi connectivity index (χ0v) is 19.8. The lowest BCUT2D eigenvalue weighted by atomic mass is 9.96. The van der Waals surface area contributed by atoms with Gasteiger partial charge in [-0.15, -0.1) is 11.3 Å². The molecule has 0 saturated carbocycles. The van der Waals surface area contributed by atoms with Crippen LogP contribution >= 0.6 is 11.3 Å². The molecule has 1 aliphatic rings. The SMILES string of the molecule is CCN(Cc1ccc2c(c1)OCO2)C(=O)COC(=O)c1sc(NC(=O)C(C)(C)C)cc1C. The van der Waals surface area contributed by atoms with Crippen LogP contribution in [-0.4, -0.2) is 42.6 Å². The number of hydrogen-bond donors (Lipinski definition) is 1. The Labute approximate surface area is 191 Å². The molecular formula is C23H28N2O6S. The number of carbonyl (C=O) groups excluding carboxylic acids is 3. The van der Waals surface area contributed by atoms with Gasteiger partial charge in [-0.2, -0.15) is 0 Å². The molecule has 2 amide bonds. The molecule has 2 aromatic rings. The second-order valence-corrected chi connectivity index (χ2v) is 9.55. The quantitative estimate of drug-likeness (QED) is 0.628. The average Bonchev–Trinajstić information content (AvgIpc) is 3.34. The van der Waals surface area contributed by atoms with Gasteiger partial charge in [-0.3, -0.25) is 9.59 Å². The summed E-state index contributed by atoms with van der Waals surface area (Å²) in [5.74, 6) is 0.308. The van der Waals surface area contributed by atoms with Crippen LogP contribution in [0.3, 0.4) is 0 Å². The predicted molar refractivity (Wildman–Crippen MR) is 121 cm³/mol. The van der Waals surface area contributed by atoms with Crippen molar-refractivity contribution in [3.63, 3.8) is 0 Å². The summed E-state index contributed by atoms with van der Waals surface area (Å²) in [5.41, 5.74) is 1.03. The number of hydrogen-bond acceptors (Lipinski definition) is 7. The fourth-order valence-electron chi connectivity index (χ4n) is 2.97. The van der Waals surface area contributed by atoms with E-state index in [1.807, 2.05) is 45.9 Å². The maximum absolute atomic E-state index is 12.6. The maximum atomic E-state index is 12.6. The van der Waals surface area contributed by atoms with Gasteiger partial charge in [-0.05, 0) is 43.2 Å². The number of ether oxygens (including phenoxy) is 3. The van der Waals surface area contributed by atoms with Crippen LogP contribution in [0.4, 0.5) is 5.00 Å². The molecule has 9 heteroatoms. The first-order chi connectivity index (χ1) is 15.1. The van der Waals surface area contributed by atoms with Gasteiger partial charge in [0, 0.05) is 18.5 Å². The van der Waals surface area contributed by atoms with Gasteiger partial charge in [0.15, 0.2) is 18.1 Å². The van der Waals surface area contributed by atoms with Crippen molar-refractivity contribution in [2.45, 2.75) is 41.2 Å². The molecule has 3 rings (SSSR count). The number of nitrogens with zero attached hydrogens (tertiary/aromatic N) is 1. The molecule has 0 aliphatic carbocycles. The van der Waals surface area contributed by atoms with E-state index in [4.69, 9.17) is 14.2 Å². The normalized spacial score (nSPS) is 12.4. The van der Waals surface area contributed by atoms with Crippen LogP contribution in [0.1, 0.15) is 48.5 Å². The topological polar surface area (TPSA) is 94.2 Å². The lowest BCUT2D eigenvalue weighted by Gasteiger charge is -2.21. The van der Waals surface area contributed by atoms with E-state index in [1.54, 1.807) is 17.9 Å².